The molecule has 0 aromatic carbocycles. The lowest BCUT2D eigenvalue weighted by molar-refractivity contribution is -0.140. The van der Waals surface area contributed by atoms with E-state index in [9.17, 15) is 4.79 Å². The first kappa shape index (κ1) is 8.76. The van der Waals surface area contributed by atoms with E-state index in [2.05, 4.69) is 0 Å². The van der Waals surface area contributed by atoms with Gasteiger partial charge in [-0.3, -0.25) is 4.79 Å². The van der Waals surface area contributed by atoms with Gasteiger partial charge in [0.05, 0.1) is 0 Å². The number of carboxylic acids is 1. The highest BCUT2D eigenvalue weighted by Gasteiger charge is 2.33. The van der Waals surface area contributed by atoms with Crippen molar-refractivity contribution in [1.82, 2.24) is 0 Å². The van der Waals surface area contributed by atoms with Gasteiger partial charge in [0.1, 0.15) is 4.87 Å². The zero-order chi connectivity index (χ0) is 7.65. The van der Waals surface area contributed by atoms with Crippen molar-refractivity contribution in [2.75, 3.05) is 0 Å². The van der Waals surface area contributed by atoms with Crippen molar-refractivity contribution < 1.29 is 9.90 Å². The van der Waals surface area contributed by atoms with E-state index >= 15 is 0 Å². The maximum Gasteiger partial charge on any atom is 0.324 e. The van der Waals surface area contributed by atoms with Crippen molar-refractivity contribution in [2.24, 2.45) is 5.92 Å². The molecule has 0 saturated carbocycles. The van der Waals surface area contributed by atoms with Gasteiger partial charge in [-0.15, -0.1) is 11.6 Å². The van der Waals surface area contributed by atoms with E-state index in [1.807, 2.05) is 0 Å². The Morgan fingerprint density at radius 1 is 1.67 bits per heavy atom. The zero-order valence-electron chi connectivity index (χ0n) is 5.81. The molecular formula is C6H11ClO2. The average Bonchev–Trinajstić information content (AvgIpc) is 1.65. The van der Waals surface area contributed by atoms with Crippen LogP contribution in [-0.2, 0) is 4.79 Å². The molecule has 0 bridgehead atoms. The SMILES string of the molecule is CC(C)C(C)(Cl)C(=O)O. The molecule has 54 valence electrons. The third kappa shape index (κ3) is 1.86. The Kier molecular flexibility index (Phi) is 2.50. The first-order valence-corrected chi connectivity index (χ1v) is 3.19. The first-order valence-electron chi connectivity index (χ1n) is 2.81. The molecule has 1 atom stereocenters. The minimum atomic E-state index is -1.11. The smallest absolute Gasteiger partial charge is 0.324 e. The molecule has 0 rings (SSSR count). The Labute approximate surface area is 59.8 Å². The molecule has 0 aliphatic heterocycles. The van der Waals surface area contributed by atoms with E-state index < -0.39 is 10.8 Å². The van der Waals surface area contributed by atoms with Crippen LogP contribution in [0.15, 0.2) is 0 Å². The Morgan fingerprint density at radius 2 is 2.00 bits per heavy atom. The maximum absolute atomic E-state index is 10.3. The summed E-state index contributed by atoms with van der Waals surface area (Å²) in [5.74, 6) is -1.00. The van der Waals surface area contributed by atoms with Gasteiger partial charge < -0.3 is 5.11 Å². The van der Waals surface area contributed by atoms with Crippen molar-refractivity contribution in [3.8, 4) is 0 Å². The molecule has 0 spiro atoms. The van der Waals surface area contributed by atoms with Crippen LogP contribution < -0.4 is 0 Å². The number of halogens is 1. The third-order valence-corrected chi connectivity index (χ3v) is 2.10. The van der Waals surface area contributed by atoms with Crippen molar-refractivity contribution in [1.29, 1.82) is 0 Å². The molecule has 0 aliphatic carbocycles. The van der Waals surface area contributed by atoms with Gasteiger partial charge >= 0.3 is 5.97 Å². The molecule has 2 nitrogen and oxygen atoms in total. The maximum atomic E-state index is 10.3. The molecule has 0 aromatic rings. The lowest BCUT2D eigenvalue weighted by atomic mass is 9.98. The van der Waals surface area contributed by atoms with Crippen LogP contribution in [0.4, 0.5) is 0 Å². The normalized spacial score (nSPS) is 17.4. The van der Waals surface area contributed by atoms with E-state index in [4.69, 9.17) is 16.7 Å². The van der Waals surface area contributed by atoms with Crippen LogP contribution >= 0.6 is 11.6 Å². The fourth-order valence-corrected chi connectivity index (χ4v) is 0.247. The lowest BCUT2D eigenvalue weighted by Crippen LogP contribution is -2.34. The molecule has 0 fully saturated rings. The second-order valence-electron chi connectivity index (χ2n) is 2.54. The molecule has 0 amide bonds. The largest absolute Gasteiger partial charge is 0.480 e. The number of alkyl halides is 1. The molecule has 1 N–H and O–H groups in total. The van der Waals surface area contributed by atoms with Gasteiger partial charge in [0.15, 0.2) is 0 Å². The molecule has 3 heteroatoms. The van der Waals surface area contributed by atoms with Crippen molar-refractivity contribution in [2.45, 2.75) is 25.6 Å². The molecule has 9 heavy (non-hydrogen) atoms. The summed E-state index contributed by atoms with van der Waals surface area (Å²) in [4.78, 5) is 9.22. The monoisotopic (exact) mass is 150 g/mol. The van der Waals surface area contributed by atoms with E-state index in [1.54, 1.807) is 13.8 Å². The second kappa shape index (κ2) is 2.56. The average molecular weight is 151 g/mol. The van der Waals surface area contributed by atoms with Crippen LogP contribution in [0.5, 0.6) is 0 Å². The van der Waals surface area contributed by atoms with E-state index in [-0.39, 0.29) is 5.92 Å². The Morgan fingerprint density at radius 3 is 2.00 bits per heavy atom. The van der Waals surface area contributed by atoms with Gasteiger partial charge in [-0.25, -0.2) is 0 Å². The summed E-state index contributed by atoms with van der Waals surface area (Å²) >= 11 is 5.61. The van der Waals surface area contributed by atoms with Crippen LogP contribution in [0, 0.1) is 5.92 Å². The summed E-state index contributed by atoms with van der Waals surface area (Å²) in [6.45, 7) is 5.06. The molecule has 0 aliphatic rings. The molecule has 0 saturated heterocycles. The quantitative estimate of drug-likeness (QED) is 0.609. The standard InChI is InChI=1S/C6H11ClO2/c1-4(2)6(3,7)5(8)9/h4H,1-3H3,(H,8,9). The van der Waals surface area contributed by atoms with Crippen LogP contribution in [0.3, 0.4) is 0 Å². The predicted octanol–water partition coefficient (Wildman–Crippen LogP) is 1.72. The van der Waals surface area contributed by atoms with Crippen molar-refractivity contribution >= 4 is 17.6 Å². The highest BCUT2D eigenvalue weighted by molar-refractivity contribution is 6.33. The van der Waals surface area contributed by atoms with E-state index in [0.717, 1.165) is 0 Å². The van der Waals surface area contributed by atoms with Crippen LogP contribution in [-0.4, -0.2) is 16.0 Å². The van der Waals surface area contributed by atoms with Gasteiger partial charge in [-0.2, -0.15) is 0 Å². The zero-order valence-corrected chi connectivity index (χ0v) is 6.57. The predicted molar refractivity (Wildman–Crippen MR) is 36.7 cm³/mol. The topological polar surface area (TPSA) is 37.3 Å². The number of hydrogen-bond donors (Lipinski definition) is 1. The fraction of sp³-hybridized carbons (Fsp3) is 0.833. The van der Waals surface area contributed by atoms with Crippen LogP contribution in [0.2, 0.25) is 0 Å². The summed E-state index contributed by atoms with van der Waals surface area (Å²) in [5, 5.41) is 8.48. The van der Waals surface area contributed by atoms with Gasteiger partial charge in [0, 0.05) is 0 Å². The minimum Gasteiger partial charge on any atom is -0.480 e. The highest BCUT2D eigenvalue weighted by atomic mass is 35.5. The second-order valence-corrected chi connectivity index (χ2v) is 3.32. The first-order chi connectivity index (χ1) is 3.89. The molecule has 0 aromatic heterocycles. The Bertz CT molecular complexity index is 118. The lowest BCUT2D eigenvalue weighted by Gasteiger charge is -2.20. The van der Waals surface area contributed by atoms with E-state index in [1.165, 1.54) is 6.92 Å². The number of rotatable bonds is 2. The summed E-state index contributed by atoms with van der Waals surface area (Å²) < 4.78 is 0. The van der Waals surface area contributed by atoms with Crippen LogP contribution in [0.1, 0.15) is 20.8 Å². The number of hydrogen-bond acceptors (Lipinski definition) is 1. The molecule has 0 heterocycles. The molecule has 1 unspecified atom stereocenters. The molecule has 0 radical (unpaired) electrons. The number of aliphatic carboxylic acids is 1. The van der Waals surface area contributed by atoms with Crippen molar-refractivity contribution in [3.63, 3.8) is 0 Å². The summed E-state index contributed by atoms with van der Waals surface area (Å²) in [5.41, 5.74) is 0. The highest BCUT2D eigenvalue weighted by Crippen LogP contribution is 2.24. The summed E-state index contributed by atoms with van der Waals surface area (Å²) in [6, 6.07) is 0. The molecular weight excluding hydrogens is 140 g/mol. The van der Waals surface area contributed by atoms with Gasteiger partial charge in [0.2, 0.25) is 0 Å². The van der Waals surface area contributed by atoms with E-state index in [0.29, 0.717) is 0 Å². The van der Waals surface area contributed by atoms with Gasteiger partial charge in [0.25, 0.3) is 0 Å². The number of carbonyl (C=O) groups is 1. The summed E-state index contributed by atoms with van der Waals surface area (Å²) in [7, 11) is 0. The Balaban J connectivity index is 4.19. The Hall–Kier alpha value is -0.240. The third-order valence-electron chi connectivity index (χ3n) is 1.50. The van der Waals surface area contributed by atoms with Crippen LogP contribution in [0.25, 0.3) is 0 Å². The van der Waals surface area contributed by atoms with Gasteiger partial charge in [-0.1, -0.05) is 13.8 Å². The van der Waals surface area contributed by atoms with Crippen molar-refractivity contribution in [3.05, 3.63) is 0 Å². The number of carboxylic acid groups (broad SMARTS) is 1. The summed E-state index contributed by atoms with van der Waals surface area (Å²) in [6.07, 6.45) is 0. The minimum absolute atomic E-state index is 0.0448. The fourth-order valence-electron chi connectivity index (χ4n) is 0.247. The van der Waals surface area contributed by atoms with Gasteiger partial charge in [-0.05, 0) is 12.8 Å².